The minimum Gasteiger partial charge on any atom is -0.376 e. The van der Waals surface area contributed by atoms with Crippen molar-refractivity contribution in [3.63, 3.8) is 0 Å². The van der Waals surface area contributed by atoms with Crippen LogP contribution in [0.25, 0.3) is 5.69 Å². The van der Waals surface area contributed by atoms with Crippen molar-refractivity contribution >= 4 is 17.5 Å². The van der Waals surface area contributed by atoms with Crippen LogP contribution in [0, 0.1) is 13.8 Å². The first kappa shape index (κ1) is 22.9. The van der Waals surface area contributed by atoms with Crippen molar-refractivity contribution in [3.05, 3.63) is 90.7 Å². The van der Waals surface area contributed by atoms with E-state index in [1.165, 1.54) is 0 Å². The molecular formula is C24H25ClN4O4. The Balaban J connectivity index is 1.80. The number of carbonyl (C=O) groups excluding carboxylic acids is 1. The number of hydrogen-bond donors (Lipinski definition) is 1. The summed E-state index contributed by atoms with van der Waals surface area (Å²) in [6, 6.07) is 12.3. The molecule has 1 atom stereocenters. The Hall–Kier alpha value is -3.23. The number of aromatic nitrogens is 3. The molecule has 1 aliphatic heterocycles. The average Bonchev–Trinajstić information content (AvgIpc) is 3.32. The van der Waals surface area contributed by atoms with Crippen LogP contribution in [0.1, 0.15) is 40.0 Å². The van der Waals surface area contributed by atoms with E-state index in [0.29, 0.717) is 22.9 Å². The van der Waals surface area contributed by atoms with Crippen molar-refractivity contribution in [1.82, 2.24) is 19.7 Å². The molecule has 0 unspecified atom stereocenters. The van der Waals surface area contributed by atoms with Gasteiger partial charge in [0, 0.05) is 18.2 Å². The number of benzene rings is 2. The van der Waals surface area contributed by atoms with Crippen LogP contribution in [0.3, 0.4) is 0 Å². The Morgan fingerprint density at radius 2 is 1.97 bits per heavy atom. The maximum atomic E-state index is 13.3. The van der Waals surface area contributed by atoms with Gasteiger partial charge in [-0.2, -0.15) is 9.78 Å². The second kappa shape index (κ2) is 9.72. The minimum atomic E-state index is -0.773. The fourth-order valence-corrected chi connectivity index (χ4v) is 3.91. The molecule has 2 heterocycles. The largest absolute Gasteiger partial charge is 0.376 e. The molecule has 2 aromatic carbocycles. The van der Waals surface area contributed by atoms with Gasteiger partial charge in [0.25, 0.3) is 11.5 Å². The number of amides is 1. The van der Waals surface area contributed by atoms with Crippen LogP contribution < -0.4 is 16.6 Å². The molecular weight excluding hydrogens is 444 g/mol. The smallest absolute Gasteiger partial charge is 0.352 e. The van der Waals surface area contributed by atoms with Gasteiger partial charge in [0.05, 0.1) is 18.3 Å². The molecule has 1 aromatic heterocycles. The van der Waals surface area contributed by atoms with Crippen LogP contribution in [0.15, 0.2) is 52.1 Å². The van der Waals surface area contributed by atoms with Crippen molar-refractivity contribution in [3.8, 4) is 5.69 Å². The molecule has 1 amide bonds. The summed E-state index contributed by atoms with van der Waals surface area (Å²) in [5.74, 6) is -0.652. The van der Waals surface area contributed by atoms with Gasteiger partial charge in [0.2, 0.25) is 5.69 Å². The third kappa shape index (κ3) is 4.91. The Morgan fingerprint density at radius 3 is 2.67 bits per heavy atom. The molecule has 0 bridgehead atoms. The second-order valence-electron chi connectivity index (χ2n) is 8.14. The van der Waals surface area contributed by atoms with Crippen LogP contribution in [0.5, 0.6) is 0 Å². The lowest BCUT2D eigenvalue weighted by Gasteiger charge is -2.14. The zero-order valence-corrected chi connectivity index (χ0v) is 19.3. The Kier molecular flexibility index (Phi) is 6.76. The quantitative estimate of drug-likeness (QED) is 0.600. The lowest BCUT2D eigenvalue weighted by atomic mass is 10.1. The van der Waals surface area contributed by atoms with Crippen LogP contribution >= 0.6 is 11.6 Å². The van der Waals surface area contributed by atoms with Crippen molar-refractivity contribution in [2.24, 2.45) is 0 Å². The van der Waals surface area contributed by atoms with E-state index < -0.39 is 17.2 Å². The van der Waals surface area contributed by atoms with Gasteiger partial charge in [-0.05, 0) is 61.6 Å². The van der Waals surface area contributed by atoms with Gasteiger partial charge in [-0.1, -0.05) is 35.9 Å². The van der Waals surface area contributed by atoms with Gasteiger partial charge in [-0.15, -0.1) is 0 Å². The lowest BCUT2D eigenvalue weighted by Crippen LogP contribution is -2.46. The Bertz CT molecular complexity index is 1310. The predicted octanol–water partition coefficient (Wildman–Crippen LogP) is 2.62. The Morgan fingerprint density at radius 1 is 1.18 bits per heavy atom. The molecule has 1 fully saturated rings. The molecule has 0 saturated carbocycles. The summed E-state index contributed by atoms with van der Waals surface area (Å²) in [6.07, 6.45) is 1.68. The van der Waals surface area contributed by atoms with Gasteiger partial charge in [-0.3, -0.25) is 14.2 Å². The third-order valence-corrected chi connectivity index (χ3v) is 6.18. The van der Waals surface area contributed by atoms with E-state index in [4.69, 9.17) is 16.3 Å². The average molecular weight is 469 g/mol. The van der Waals surface area contributed by atoms with Crippen molar-refractivity contribution in [2.75, 3.05) is 13.2 Å². The number of carbonyl (C=O) groups is 1. The van der Waals surface area contributed by atoms with E-state index >= 15 is 0 Å². The first-order chi connectivity index (χ1) is 15.8. The van der Waals surface area contributed by atoms with Gasteiger partial charge in [0.15, 0.2) is 0 Å². The summed E-state index contributed by atoms with van der Waals surface area (Å²) in [7, 11) is 0. The summed E-state index contributed by atoms with van der Waals surface area (Å²) in [6.45, 7) is 4.71. The molecule has 172 valence electrons. The van der Waals surface area contributed by atoms with Crippen LogP contribution in [0.2, 0.25) is 5.02 Å². The molecule has 0 aliphatic carbocycles. The molecule has 1 aliphatic rings. The summed E-state index contributed by atoms with van der Waals surface area (Å²) in [4.78, 5) is 39.4. The number of halogens is 1. The lowest BCUT2D eigenvalue weighted by molar-refractivity contribution is 0.0849. The van der Waals surface area contributed by atoms with E-state index in [-0.39, 0.29) is 24.9 Å². The number of aryl methyl sites for hydroxylation is 2. The van der Waals surface area contributed by atoms with Crippen LogP contribution in [0.4, 0.5) is 0 Å². The van der Waals surface area contributed by atoms with E-state index in [9.17, 15) is 14.4 Å². The predicted molar refractivity (Wildman–Crippen MR) is 125 cm³/mol. The number of rotatable bonds is 6. The number of ether oxygens (including phenoxy) is 1. The van der Waals surface area contributed by atoms with Crippen molar-refractivity contribution in [1.29, 1.82) is 0 Å². The molecule has 0 spiro atoms. The SMILES string of the molecule is Cc1ccc(-n2nc(C(=O)NC[C@H]3CCCO3)c(=O)n(Cc3ccccc3Cl)c2=O)cc1C. The molecule has 8 nitrogen and oxygen atoms in total. The third-order valence-electron chi connectivity index (χ3n) is 5.81. The van der Waals surface area contributed by atoms with E-state index in [1.807, 2.05) is 19.9 Å². The summed E-state index contributed by atoms with van der Waals surface area (Å²) < 4.78 is 7.61. The highest BCUT2D eigenvalue weighted by Crippen LogP contribution is 2.16. The summed E-state index contributed by atoms with van der Waals surface area (Å²) >= 11 is 6.27. The van der Waals surface area contributed by atoms with Gasteiger partial charge < -0.3 is 10.1 Å². The highest BCUT2D eigenvalue weighted by atomic mass is 35.5. The molecule has 1 N–H and O–H groups in total. The standard InChI is InChI=1S/C24H25ClN4O4/c1-15-9-10-18(12-16(15)2)29-24(32)28(14-17-6-3-4-8-20(17)25)23(31)21(27-29)22(30)26-13-19-7-5-11-33-19/h3-4,6,8-10,12,19H,5,7,11,13-14H2,1-2H3,(H,26,30)/t19-/m1/s1. The zero-order valence-electron chi connectivity index (χ0n) is 18.5. The Labute approximate surface area is 195 Å². The normalized spacial score (nSPS) is 15.5. The van der Waals surface area contributed by atoms with Gasteiger partial charge in [-0.25, -0.2) is 4.79 Å². The van der Waals surface area contributed by atoms with Crippen LogP contribution in [-0.4, -0.2) is 39.5 Å². The maximum Gasteiger partial charge on any atom is 0.352 e. The first-order valence-electron chi connectivity index (χ1n) is 10.8. The topological polar surface area (TPSA) is 95.2 Å². The van der Waals surface area contributed by atoms with Crippen molar-refractivity contribution < 1.29 is 9.53 Å². The van der Waals surface area contributed by atoms with Gasteiger partial charge >= 0.3 is 5.69 Å². The monoisotopic (exact) mass is 468 g/mol. The number of nitrogens with one attached hydrogen (secondary N) is 1. The fourth-order valence-electron chi connectivity index (χ4n) is 3.71. The highest BCUT2D eigenvalue weighted by molar-refractivity contribution is 6.31. The summed E-state index contributed by atoms with van der Waals surface area (Å²) in [5.41, 5.74) is 1.26. The number of nitrogens with zero attached hydrogens (tertiary/aromatic N) is 3. The maximum absolute atomic E-state index is 13.3. The first-order valence-corrected chi connectivity index (χ1v) is 11.2. The molecule has 33 heavy (non-hydrogen) atoms. The van der Waals surface area contributed by atoms with E-state index in [2.05, 4.69) is 10.4 Å². The highest BCUT2D eigenvalue weighted by Gasteiger charge is 2.23. The van der Waals surface area contributed by atoms with Gasteiger partial charge in [0.1, 0.15) is 0 Å². The molecule has 1 saturated heterocycles. The van der Waals surface area contributed by atoms with Crippen molar-refractivity contribution in [2.45, 2.75) is 39.3 Å². The molecule has 3 aromatic rings. The zero-order chi connectivity index (χ0) is 23.5. The second-order valence-corrected chi connectivity index (χ2v) is 8.55. The fraction of sp³-hybridized carbons (Fsp3) is 0.333. The van der Waals surface area contributed by atoms with Crippen LogP contribution in [-0.2, 0) is 11.3 Å². The molecule has 9 heteroatoms. The number of hydrogen-bond acceptors (Lipinski definition) is 5. The summed E-state index contributed by atoms with van der Waals surface area (Å²) in [5, 5.41) is 7.31. The molecule has 4 rings (SSSR count). The minimum absolute atomic E-state index is 0.0866. The van der Waals surface area contributed by atoms with E-state index in [0.717, 1.165) is 33.2 Å². The molecule has 0 radical (unpaired) electrons. The van der Waals surface area contributed by atoms with E-state index in [1.54, 1.807) is 36.4 Å².